The Labute approximate surface area is 129 Å². The van der Waals surface area contributed by atoms with Crippen molar-refractivity contribution >= 4 is 17.2 Å². The molecule has 2 aromatic rings. The molecule has 1 aromatic carbocycles. The predicted octanol–water partition coefficient (Wildman–Crippen LogP) is 3.27. The van der Waals surface area contributed by atoms with Crippen molar-refractivity contribution in [1.29, 1.82) is 0 Å². The number of carbonyl (C=O) groups excluding carboxylic acids is 1. The van der Waals surface area contributed by atoms with Crippen LogP contribution in [0.25, 0.3) is 0 Å². The molecule has 5 heteroatoms. The molecule has 0 fully saturated rings. The molecular formula is C16H20N2O2S. The zero-order valence-corrected chi connectivity index (χ0v) is 13.5. The van der Waals surface area contributed by atoms with Crippen LogP contribution in [0, 0.1) is 6.92 Å². The number of hydrogen-bond donors (Lipinski definition) is 1. The van der Waals surface area contributed by atoms with Crippen LogP contribution in [0.3, 0.4) is 0 Å². The number of ether oxygens (including phenoxy) is 1. The molecule has 21 heavy (non-hydrogen) atoms. The molecule has 0 radical (unpaired) electrons. The lowest BCUT2D eigenvalue weighted by molar-refractivity contribution is -0.129. The first-order valence-corrected chi connectivity index (χ1v) is 7.67. The summed E-state index contributed by atoms with van der Waals surface area (Å²) in [5.41, 5.74) is -0.510. The van der Waals surface area contributed by atoms with E-state index in [2.05, 4.69) is 10.3 Å². The van der Waals surface area contributed by atoms with Gasteiger partial charge >= 0.3 is 0 Å². The Bertz CT molecular complexity index is 608. The van der Waals surface area contributed by atoms with E-state index >= 15 is 0 Å². The molecule has 2 rings (SSSR count). The highest BCUT2D eigenvalue weighted by Crippen LogP contribution is 2.25. The zero-order valence-electron chi connectivity index (χ0n) is 12.7. The van der Waals surface area contributed by atoms with E-state index in [-0.39, 0.29) is 5.91 Å². The van der Waals surface area contributed by atoms with Gasteiger partial charge in [0.25, 0.3) is 5.91 Å². The van der Waals surface area contributed by atoms with E-state index in [0.717, 1.165) is 9.88 Å². The Balaban J connectivity index is 2.00. The fourth-order valence-electron chi connectivity index (χ4n) is 1.86. The van der Waals surface area contributed by atoms with Gasteiger partial charge in [0, 0.05) is 11.1 Å². The molecular weight excluding hydrogens is 284 g/mol. The Hall–Kier alpha value is -1.88. The number of amides is 1. The smallest absolute Gasteiger partial charge is 0.261 e. The third kappa shape index (κ3) is 4.04. The SMILES string of the molecule is Cc1cnc(C(C)(C)NC(=O)[C@H](C)Oc2ccccc2)s1. The Morgan fingerprint density at radius 1 is 1.33 bits per heavy atom. The first-order valence-electron chi connectivity index (χ1n) is 6.85. The zero-order chi connectivity index (χ0) is 15.5. The van der Waals surface area contributed by atoms with Gasteiger partial charge in [-0.25, -0.2) is 4.98 Å². The molecule has 0 saturated carbocycles. The highest BCUT2D eigenvalue weighted by atomic mass is 32.1. The van der Waals surface area contributed by atoms with Gasteiger partial charge < -0.3 is 10.1 Å². The lowest BCUT2D eigenvalue weighted by Crippen LogP contribution is -2.46. The average Bonchev–Trinajstić information content (AvgIpc) is 2.87. The number of nitrogens with zero attached hydrogens (tertiary/aromatic N) is 1. The molecule has 0 unspecified atom stereocenters. The summed E-state index contributed by atoms with van der Waals surface area (Å²) in [7, 11) is 0. The lowest BCUT2D eigenvalue weighted by atomic mass is 10.1. The number of rotatable bonds is 5. The average molecular weight is 304 g/mol. The summed E-state index contributed by atoms with van der Waals surface area (Å²) in [5.74, 6) is 0.528. The number of benzene rings is 1. The summed E-state index contributed by atoms with van der Waals surface area (Å²) in [6.07, 6.45) is 1.25. The Morgan fingerprint density at radius 3 is 2.57 bits per heavy atom. The third-order valence-electron chi connectivity index (χ3n) is 3.02. The van der Waals surface area contributed by atoms with E-state index in [0.29, 0.717) is 5.75 Å². The van der Waals surface area contributed by atoms with Crippen LogP contribution in [-0.2, 0) is 10.3 Å². The van der Waals surface area contributed by atoms with E-state index in [9.17, 15) is 4.79 Å². The van der Waals surface area contributed by atoms with Crippen LogP contribution >= 0.6 is 11.3 Å². The summed E-state index contributed by atoms with van der Waals surface area (Å²) in [5, 5.41) is 3.88. The minimum atomic E-state index is -0.562. The monoisotopic (exact) mass is 304 g/mol. The van der Waals surface area contributed by atoms with Gasteiger partial charge in [-0.2, -0.15) is 0 Å². The molecule has 0 saturated heterocycles. The van der Waals surface area contributed by atoms with Gasteiger partial charge in [-0.15, -0.1) is 11.3 Å². The van der Waals surface area contributed by atoms with Crippen molar-refractivity contribution in [3.63, 3.8) is 0 Å². The number of para-hydroxylation sites is 1. The van der Waals surface area contributed by atoms with Crippen LogP contribution in [-0.4, -0.2) is 17.0 Å². The Kier molecular flexibility index (Phi) is 4.63. The number of carbonyl (C=O) groups is 1. The van der Waals surface area contributed by atoms with Crippen LogP contribution in [0.1, 0.15) is 30.7 Å². The molecule has 0 aliphatic heterocycles. The topological polar surface area (TPSA) is 51.2 Å². The summed E-state index contributed by atoms with van der Waals surface area (Å²) in [6, 6.07) is 9.33. The van der Waals surface area contributed by atoms with Gasteiger partial charge in [-0.1, -0.05) is 18.2 Å². The summed E-state index contributed by atoms with van der Waals surface area (Å²) < 4.78 is 5.63. The van der Waals surface area contributed by atoms with E-state index in [1.807, 2.05) is 57.3 Å². The van der Waals surface area contributed by atoms with Gasteiger partial charge in [-0.05, 0) is 39.8 Å². The summed E-state index contributed by atoms with van der Waals surface area (Å²) in [4.78, 5) is 17.8. The molecule has 0 spiro atoms. The molecule has 1 atom stereocenters. The highest BCUT2D eigenvalue weighted by Gasteiger charge is 2.28. The van der Waals surface area contributed by atoms with Crippen molar-refractivity contribution in [2.45, 2.75) is 39.3 Å². The van der Waals surface area contributed by atoms with Gasteiger partial charge in [-0.3, -0.25) is 4.79 Å². The Morgan fingerprint density at radius 2 is 2.00 bits per heavy atom. The highest BCUT2D eigenvalue weighted by molar-refractivity contribution is 7.11. The first kappa shape index (κ1) is 15.5. The molecule has 0 aliphatic carbocycles. The minimum Gasteiger partial charge on any atom is -0.481 e. The number of nitrogens with one attached hydrogen (secondary N) is 1. The fourth-order valence-corrected chi connectivity index (χ4v) is 2.69. The molecule has 1 amide bonds. The number of thiazole rings is 1. The maximum absolute atomic E-state index is 12.3. The predicted molar refractivity (Wildman–Crippen MR) is 84.6 cm³/mol. The van der Waals surface area contributed by atoms with E-state index in [1.54, 1.807) is 18.3 Å². The fraction of sp³-hybridized carbons (Fsp3) is 0.375. The molecule has 112 valence electrons. The first-order chi connectivity index (χ1) is 9.88. The van der Waals surface area contributed by atoms with Gasteiger partial charge in [0.2, 0.25) is 0 Å². The molecule has 4 nitrogen and oxygen atoms in total. The van der Waals surface area contributed by atoms with Crippen LogP contribution in [0.15, 0.2) is 36.5 Å². The van der Waals surface area contributed by atoms with Crippen molar-refractivity contribution in [3.05, 3.63) is 46.4 Å². The van der Waals surface area contributed by atoms with Gasteiger partial charge in [0.15, 0.2) is 6.10 Å². The second-order valence-electron chi connectivity index (χ2n) is 5.46. The molecule has 1 aromatic heterocycles. The largest absolute Gasteiger partial charge is 0.481 e. The number of hydrogen-bond acceptors (Lipinski definition) is 4. The molecule has 1 heterocycles. The standard InChI is InChI=1S/C16H20N2O2S/c1-11-10-17-15(21-11)16(3,4)18-14(19)12(2)20-13-8-6-5-7-9-13/h5-10,12H,1-4H3,(H,18,19)/t12-/m0/s1. The van der Waals surface area contributed by atoms with E-state index in [4.69, 9.17) is 4.74 Å². The van der Waals surface area contributed by atoms with Crippen LogP contribution in [0.2, 0.25) is 0 Å². The minimum absolute atomic E-state index is 0.156. The van der Waals surface area contributed by atoms with Crippen molar-refractivity contribution < 1.29 is 9.53 Å². The maximum atomic E-state index is 12.3. The third-order valence-corrected chi connectivity index (χ3v) is 4.25. The number of aromatic nitrogens is 1. The van der Waals surface area contributed by atoms with Crippen molar-refractivity contribution in [3.8, 4) is 5.75 Å². The normalized spacial score (nSPS) is 12.8. The van der Waals surface area contributed by atoms with E-state index in [1.165, 1.54) is 0 Å². The van der Waals surface area contributed by atoms with Crippen molar-refractivity contribution in [2.24, 2.45) is 0 Å². The molecule has 0 bridgehead atoms. The van der Waals surface area contributed by atoms with Crippen LogP contribution in [0.5, 0.6) is 5.75 Å². The van der Waals surface area contributed by atoms with Crippen LogP contribution < -0.4 is 10.1 Å². The molecule has 1 N–H and O–H groups in total. The van der Waals surface area contributed by atoms with Gasteiger partial charge in [0.1, 0.15) is 10.8 Å². The van der Waals surface area contributed by atoms with Crippen LogP contribution in [0.4, 0.5) is 0 Å². The quantitative estimate of drug-likeness (QED) is 0.922. The van der Waals surface area contributed by atoms with E-state index < -0.39 is 11.6 Å². The summed E-state index contributed by atoms with van der Waals surface area (Å²) in [6.45, 7) is 7.63. The number of aryl methyl sites for hydroxylation is 1. The van der Waals surface area contributed by atoms with Crippen molar-refractivity contribution in [2.75, 3.05) is 0 Å². The molecule has 0 aliphatic rings. The second-order valence-corrected chi connectivity index (χ2v) is 6.70. The summed E-state index contributed by atoms with van der Waals surface area (Å²) >= 11 is 1.59. The second kappa shape index (κ2) is 6.26. The lowest BCUT2D eigenvalue weighted by Gasteiger charge is -2.26. The van der Waals surface area contributed by atoms with Gasteiger partial charge in [0.05, 0.1) is 5.54 Å². The van der Waals surface area contributed by atoms with Crippen molar-refractivity contribution in [1.82, 2.24) is 10.3 Å². The maximum Gasteiger partial charge on any atom is 0.261 e.